The summed E-state index contributed by atoms with van der Waals surface area (Å²) >= 11 is 0. The van der Waals surface area contributed by atoms with E-state index < -0.39 is 9.84 Å². The zero-order chi connectivity index (χ0) is 25.2. The number of rotatable bonds is 6. The van der Waals surface area contributed by atoms with Gasteiger partial charge in [0, 0.05) is 65.4 Å². The van der Waals surface area contributed by atoms with Crippen molar-refractivity contribution in [1.82, 2.24) is 24.5 Å². The Hall–Kier alpha value is -3.43. The molecule has 0 atom stereocenters. The molecule has 1 saturated heterocycles. The standard InChI is InChI=1S/C27H29N5O3S/c1-16-17(2)26-22-9-18(20-12-31(13-20)7-8-36(4,33)34)5-6-23(22)30-24(26)11-21(16)19-10-25(35-3)27-28-15-29-32(27)14-19/h5-6,9-11,14-15,20,30H,7-8,12-13H2,1-4H3. The SMILES string of the molecule is COc1cc(-c2cc3[nH]c4ccc(C5CN(CCS(C)(=O)=O)C5)cc4c3c(C)c2C)cn2ncnc12. The zero-order valence-electron chi connectivity index (χ0n) is 20.9. The van der Waals surface area contributed by atoms with E-state index in [1.165, 1.54) is 40.0 Å². The Morgan fingerprint density at radius 1 is 1.11 bits per heavy atom. The predicted molar refractivity (Wildman–Crippen MR) is 143 cm³/mol. The highest BCUT2D eigenvalue weighted by molar-refractivity contribution is 7.90. The van der Waals surface area contributed by atoms with Crippen LogP contribution < -0.4 is 4.74 Å². The number of aromatic amines is 1. The zero-order valence-corrected chi connectivity index (χ0v) is 21.7. The number of aryl methyl sites for hydroxylation is 1. The summed E-state index contributed by atoms with van der Waals surface area (Å²) in [6, 6.07) is 10.9. The van der Waals surface area contributed by atoms with Crippen molar-refractivity contribution in [1.29, 1.82) is 0 Å². The van der Waals surface area contributed by atoms with E-state index in [0.717, 1.165) is 35.2 Å². The molecular formula is C27H29N5O3S. The van der Waals surface area contributed by atoms with Crippen molar-refractivity contribution in [3.63, 3.8) is 0 Å². The van der Waals surface area contributed by atoms with Crippen LogP contribution in [-0.4, -0.2) is 71.7 Å². The summed E-state index contributed by atoms with van der Waals surface area (Å²) in [5, 5.41) is 6.79. The topological polar surface area (TPSA) is 92.6 Å². The van der Waals surface area contributed by atoms with Gasteiger partial charge < -0.3 is 14.6 Å². The normalized spacial score (nSPS) is 15.2. The van der Waals surface area contributed by atoms with E-state index in [9.17, 15) is 8.42 Å². The highest BCUT2D eigenvalue weighted by Gasteiger charge is 2.29. The molecule has 8 nitrogen and oxygen atoms in total. The van der Waals surface area contributed by atoms with E-state index in [1.54, 1.807) is 11.6 Å². The molecule has 186 valence electrons. The van der Waals surface area contributed by atoms with Crippen molar-refractivity contribution < 1.29 is 13.2 Å². The van der Waals surface area contributed by atoms with Crippen LogP contribution in [0.1, 0.15) is 22.6 Å². The lowest BCUT2D eigenvalue weighted by molar-refractivity contribution is 0.158. The summed E-state index contributed by atoms with van der Waals surface area (Å²) in [5.41, 5.74) is 8.82. The minimum absolute atomic E-state index is 0.220. The molecule has 0 bridgehead atoms. The molecule has 6 rings (SSSR count). The number of aromatic nitrogens is 4. The summed E-state index contributed by atoms with van der Waals surface area (Å²) in [6.07, 6.45) is 4.82. The fourth-order valence-electron chi connectivity index (χ4n) is 5.39. The van der Waals surface area contributed by atoms with Gasteiger partial charge in [-0.25, -0.2) is 17.9 Å². The van der Waals surface area contributed by atoms with Crippen LogP contribution in [0.2, 0.25) is 0 Å². The highest BCUT2D eigenvalue weighted by atomic mass is 32.2. The molecule has 9 heteroatoms. The number of fused-ring (bicyclic) bond motifs is 4. The second-order valence-electron chi connectivity index (χ2n) is 9.94. The predicted octanol–water partition coefficient (Wildman–Crippen LogP) is 4.10. The van der Waals surface area contributed by atoms with Gasteiger partial charge in [-0.05, 0) is 60.4 Å². The molecule has 0 aliphatic carbocycles. The third-order valence-corrected chi connectivity index (χ3v) is 8.49. The van der Waals surface area contributed by atoms with Crippen molar-refractivity contribution >= 4 is 37.3 Å². The second-order valence-corrected chi connectivity index (χ2v) is 12.2. The number of benzene rings is 2. The molecule has 0 spiro atoms. The fraction of sp³-hybridized carbons (Fsp3) is 0.333. The summed E-state index contributed by atoms with van der Waals surface area (Å²) in [6.45, 7) is 6.76. The van der Waals surface area contributed by atoms with E-state index >= 15 is 0 Å². The number of hydrogen-bond acceptors (Lipinski definition) is 6. The van der Waals surface area contributed by atoms with E-state index in [2.05, 4.69) is 58.1 Å². The Labute approximate surface area is 209 Å². The van der Waals surface area contributed by atoms with Gasteiger partial charge >= 0.3 is 0 Å². The lowest BCUT2D eigenvalue weighted by Crippen LogP contribution is -2.46. The van der Waals surface area contributed by atoms with Crippen LogP contribution in [0.5, 0.6) is 5.75 Å². The average Bonchev–Trinajstić information content (AvgIpc) is 3.43. The maximum atomic E-state index is 11.5. The number of methoxy groups -OCH3 is 1. The minimum atomic E-state index is -2.93. The molecule has 2 aromatic carbocycles. The van der Waals surface area contributed by atoms with Crippen molar-refractivity contribution in [3.8, 4) is 16.9 Å². The fourth-order valence-corrected chi connectivity index (χ4v) is 5.98. The Balaban J connectivity index is 1.37. The van der Waals surface area contributed by atoms with Crippen LogP contribution in [0.3, 0.4) is 0 Å². The first-order chi connectivity index (χ1) is 17.2. The summed E-state index contributed by atoms with van der Waals surface area (Å²) in [4.78, 5) is 10.1. The molecule has 0 amide bonds. The van der Waals surface area contributed by atoms with Gasteiger partial charge in [0.1, 0.15) is 16.2 Å². The minimum Gasteiger partial charge on any atom is -0.493 e. The van der Waals surface area contributed by atoms with Crippen LogP contribution in [-0.2, 0) is 9.84 Å². The van der Waals surface area contributed by atoms with Crippen molar-refractivity contribution in [2.75, 3.05) is 38.8 Å². The summed E-state index contributed by atoms with van der Waals surface area (Å²) < 4.78 is 30.3. The molecule has 1 fully saturated rings. The first-order valence-corrected chi connectivity index (χ1v) is 14.1. The monoisotopic (exact) mass is 503 g/mol. The molecule has 0 saturated carbocycles. The van der Waals surface area contributed by atoms with E-state index in [1.807, 2.05) is 12.3 Å². The number of hydrogen-bond donors (Lipinski definition) is 1. The molecule has 1 aliphatic rings. The van der Waals surface area contributed by atoms with E-state index in [-0.39, 0.29) is 5.75 Å². The molecule has 1 N–H and O–H groups in total. The van der Waals surface area contributed by atoms with Gasteiger partial charge in [0.05, 0.1) is 12.9 Å². The lowest BCUT2D eigenvalue weighted by atomic mass is 9.89. The van der Waals surface area contributed by atoms with Gasteiger partial charge in [-0.3, -0.25) is 0 Å². The maximum absolute atomic E-state index is 11.5. The smallest absolute Gasteiger partial charge is 0.197 e. The van der Waals surface area contributed by atoms with Crippen molar-refractivity contribution in [2.45, 2.75) is 19.8 Å². The molecule has 36 heavy (non-hydrogen) atoms. The van der Waals surface area contributed by atoms with Crippen molar-refractivity contribution in [2.24, 2.45) is 0 Å². The number of pyridine rings is 1. The van der Waals surface area contributed by atoms with Gasteiger partial charge in [-0.2, -0.15) is 5.10 Å². The van der Waals surface area contributed by atoms with Gasteiger partial charge in [0.15, 0.2) is 11.4 Å². The number of likely N-dealkylation sites (tertiary alicyclic amines) is 1. The second kappa shape index (κ2) is 8.31. The van der Waals surface area contributed by atoms with E-state index in [0.29, 0.717) is 23.9 Å². The molecule has 0 unspecified atom stereocenters. The summed E-state index contributed by atoms with van der Waals surface area (Å²) in [5.74, 6) is 1.34. The largest absolute Gasteiger partial charge is 0.493 e. The molecular weight excluding hydrogens is 474 g/mol. The molecule has 5 aromatic rings. The number of H-pyrrole nitrogens is 1. The third-order valence-electron chi connectivity index (χ3n) is 7.56. The van der Waals surface area contributed by atoms with Crippen molar-refractivity contribution in [3.05, 3.63) is 59.5 Å². The van der Waals surface area contributed by atoms with Crippen LogP contribution in [0.25, 0.3) is 38.6 Å². The third kappa shape index (κ3) is 3.83. The lowest BCUT2D eigenvalue weighted by Gasteiger charge is -2.39. The van der Waals surface area contributed by atoms with Gasteiger partial charge in [0.2, 0.25) is 0 Å². The van der Waals surface area contributed by atoms with Gasteiger partial charge in [-0.1, -0.05) is 6.07 Å². The Morgan fingerprint density at radius 2 is 1.92 bits per heavy atom. The van der Waals surface area contributed by atoms with Gasteiger partial charge in [0.25, 0.3) is 0 Å². The molecule has 0 radical (unpaired) electrons. The Morgan fingerprint density at radius 3 is 2.67 bits per heavy atom. The van der Waals surface area contributed by atoms with Crippen LogP contribution in [0, 0.1) is 13.8 Å². The summed E-state index contributed by atoms with van der Waals surface area (Å²) in [7, 11) is -1.28. The van der Waals surface area contributed by atoms with E-state index in [4.69, 9.17) is 4.74 Å². The number of sulfone groups is 1. The van der Waals surface area contributed by atoms with Gasteiger partial charge in [-0.15, -0.1) is 0 Å². The first kappa shape index (κ1) is 23.0. The van der Waals surface area contributed by atoms with Crippen LogP contribution in [0.15, 0.2) is 42.9 Å². The number of ether oxygens (including phenoxy) is 1. The highest BCUT2D eigenvalue weighted by Crippen LogP contribution is 2.38. The molecule has 1 aliphatic heterocycles. The molecule has 3 aromatic heterocycles. The number of nitrogens with one attached hydrogen (secondary N) is 1. The Bertz CT molecular complexity index is 1750. The average molecular weight is 504 g/mol. The van der Waals surface area contributed by atoms with Crippen LogP contribution in [0.4, 0.5) is 0 Å². The maximum Gasteiger partial charge on any atom is 0.197 e. The first-order valence-electron chi connectivity index (χ1n) is 12.0. The quantitative estimate of drug-likeness (QED) is 0.375. The van der Waals surface area contributed by atoms with Crippen LogP contribution >= 0.6 is 0 Å². The molecule has 4 heterocycles. The Kier molecular flexibility index (Phi) is 5.31. The number of nitrogens with zero attached hydrogens (tertiary/aromatic N) is 4.